The van der Waals surface area contributed by atoms with Gasteiger partial charge < -0.3 is 10.6 Å². The van der Waals surface area contributed by atoms with Crippen LogP contribution in [0.1, 0.15) is 31.7 Å². The van der Waals surface area contributed by atoms with E-state index in [1.807, 2.05) is 19.1 Å². The minimum atomic E-state index is -2.97. The highest BCUT2D eigenvalue weighted by molar-refractivity contribution is 14.0. The molecule has 142 valence electrons. The Hall–Kier alpha value is -0.900. The van der Waals surface area contributed by atoms with Crippen LogP contribution in [0.5, 0.6) is 0 Å². The SMILES string of the molecule is CN=C(NCC1(c2ccccc2F)CC1)NC(C)CCS(C)(=O)=O.I. The summed E-state index contributed by atoms with van der Waals surface area (Å²) in [7, 11) is -1.30. The van der Waals surface area contributed by atoms with E-state index >= 15 is 0 Å². The Morgan fingerprint density at radius 1 is 1.36 bits per heavy atom. The fourth-order valence-corrected chi connectivity index (χ4v) is 3.51. The molecule has 1 fully saturated rings. The van der Waals surface area contributed by atoms with Crippen LogP contribution < -0.4 is 10.6 Å². The van der Waals surface area contributed by atoms with Gasteiger partial charge in [-0.15, -0.1) is 24.0 Å². The second-order valence-electron chi connectivity index (χ2n) is 6.65. The van der Waals surface area contributed by atoms with E-state index in [2.05, 4.69) is 15.6 Å². The van der Waals surface area contributed by atoms with Crippen molar-refractivity contribution >= 4 is 39.8 Å². The van der Waals surface area contributed by atoms with Crippen molar-refractivity contribution in [2.24, 2.45) is 4.99 Å². The van der Waals surface area contributed by atoms with Gasteiger partial charge in [0, 0.05) is 31.3 Å². The van der Waals surface area contributed by atoms with Crippen LogP contribution in [0.2, 0.25) is 0 Å². The largest absolute Gasteiger partial charge is 0.356 e. The maximum absolute atomic E-state index is 14.0. The van der Waals surface area contributed by atoms with Crippen LogP contribution in [-0.4, -0.2) is 46.0 Å². The quantitative estimate of drug-likeness (QED) is 0.355. The van der Waals surface area contributed by atoms with Crippen molar-refractivity contribution in [1.29, 1.82) is 0 Å². The number of rotatable bonds is 7. The van der Waals surface area contributed by atoms with Crippen molar-refractivity contribution in [3.63, 3.8) is 0 Å². The van der Waals surface area contributed by atoms with E-state index < -0.39 is 9.84 Å². The van der Waals surface area contributed by atoms with Crippen LogP contribution in [0.25, 0.3) is 0 Å². The lowest BCUT2D eigenvalue weighted by atomic mass is 9.95. The van der Waals surface area contributed by atoms with Gasteiger partial charge in [-0.2, -0.15) is 0 Å². The smallest absolute Gasteiger partial charge is 0.191 e. The molecule has 0 heterocycles. The third-order valence-corrected chi connectivity index (χ3v) is 5.40. The maximum atomic E-state index is 14.0. The summed E-state index contributed by atoms with van der Waals surface area (Å²) in [5.74, 6) is 0.581. The zero-order valence-electron chi connectivity index (χ0n) is 14.9. The molecule has 1 aliphatic rings. The monoisotopic (exact) mass is 483 g/mol. The van der Waals surface area contributed by atoms with E-state index in [0.717, 1.165) is 18.4 Å². The standard InChI is InChI=1S/C17H26FN3O2S.HI/c1-13(8-11-24(3,22)23)21-16(19-2)20-12-17(9-10-17)14-6-4-5-7-15(14)18;/h4-7,13H,8-12H2,1-3H3,(H2,19,20,21);1H. The number of aliphatic imine (C=N–C) groups is 1. The van der Waals surface area contributed by atoms with Crippen LogP contribution in [-0.2, 0) is 15.3 Å². The zero-order valence-corrected chi connectivity index (χ0v) is 18.0. The molecule has 0 radical (unpaired) electrons. The molecule has 1 aliphatic carbocycles. The molecule has 1 unspecified atom stereocenters. The van der Waals surface area contributed by atoms with Crippen LogP contribution >= 0.6 is 24.0 Å². The number of hydrogen-bond acceptors (Lipinski definition) is 3. The maximum Gasteiger partial charge on any atom is 0.191 e. The first-order valence-corrected chi connectivity index (χ1v) is 10.2. The molecule has 0 aromatic heterocycles. The van der Waals surface area contributed by atoms with Gasteiger partial charge in [-0.25, -0.2) is 12.8 Å². The zero-order chi connectivity index (χ0) is 17.8. The fraction of sp³-hybridized carbons (Fsp3) is 0.588. The molecule has 1 atom stereocenters. The molecule has 1 saturated carbocycles. The summed E-state index contributed by atoms with van der Waals surface area (Å²) in [5, 5.41) is 6.44. The minimum Gasteiger partial charge on any atom is -0.356 e. The molecule has 2 N–H and O–H groups in total. The lowest BCUT2D eigenvalue weighted by Crippen LogP contribution is -2.45. The first-order chi connectivity index (χ1) is 11.3. The van der Waals surface area contributed by atoms with Gasteiger partial charge in [0.2, 0.25) is 0 Å². The molecular weight excluding hydrogens is 456 g/mol. The lowest BCUT2D eigenvalue weighted by molar-refractivity contribution is 0.553. The van der Waals surface area contributed by atoms with E-state index in [-0.39, 0.29) is 47.0 Å². The molecule has 5 nitrogen and oxygen atoms in total. The highest BCUT2D eigenvalue weighted by Crippen LogP contribution is 2.48. The van der Waals surface area contributed by atoms with Gasteiger partial charge >= 0.3 is 0 Å². The fourth-order valence-electron chi connectivity index (χ4n) is 2.73. The Balaban J connectivity index is 0.00000312. The molecule has 2 rings (SSSR count). The molecule has 0 saturated heterocycles. The predicted octanol–water partition coefficient (Wildman–Crippen LogP) is 2.46. The molecule has 0 bridgehead atoms. The summed E-state index contributed by atoms with van der Waals surface area (Å²) < 4.78 is 36.5. The number of nitrogens with zero attached hydrogens (tertiary/aromatic N) is 1. The van der Waals surface area contributed by atoms with Crippen LogP contribution in [0, 0.1) is 5.82 Å². The predicted molar refractivity (Wildman–Crippen MR) is 111 cm³/mol. The minimum absolute atomic E-state index is 0. The number of sulfone groups is 1. The number of benzene rings is 1. The number of guanidine groups is 1. The first kappa shape index (κ1) is 22.1. The highest BCUT2D eigenvalue weighted by Gasteiger charge is 2.45. The average molecular weight is 483 g/mol. The molecule has 1 aromatic rings. The third-order valence-electron chi connectivity index (χ3n) is 4.42. The average Bonchev–Trinajstić information content (AvgIpc) is 3.30. The van der Waals surface area contributed by atoms with Crippen molar-refractivity contribution in [2.45, 2.75) is 37.6 Å². The molecule has 0 spiro atoms. The molecular formula is C17H27FIN3O2S. The van der Waals surface area contributed by atoms with E-state index in [0.29, 0.717) is 18.9 Å². The van der Waals surface area contributed by atoms with Crippen molar-refractivity contribution in [3.05, 3.63) is 35.6 Å². The summed E-state index contributed by atoms with van der Waals surface area (Å²) in [4.78, 5) is 4.17. The van der Waals surface area contributed by atoms with Crippen molar-refractivity contribution in [3.8, 4) is 0 Å². The van der Waals surface area contributed by atoms with Gasteiger partial charge in [0.1, 0.15) is 15.7 Å². The highest BCUT2D eigenvalue weighted by atomic mass is 127. The lowest BCUT2D eigenvalue weighted by Gasteiger charge is -2.22. The second-order valence-corrected chi connectivity index (χ2v) is 8.91. The number of halogens is 2. The van der Waals surface area contributed by atoms with E-state index in [9.17, 15) is 12.8 Å². The first-order valence-electron chi connectivity index (χ1n) is 8.16. The Labute approximate surface area is 166 Å². The second kappa shape index (κ2) is 9.16. The Morgan fingerprint density at radius 2 is 2.00 bits per heavy atom. The van der Waals surface area contributed by atoms with Gasteiger partial charge in [-0.05, 0) is 37.8 Å². The molecule has 0 amide bonds. The van der Waals surface area contributed by atoms with Gasteiger partial charge in [0.05, 0.1) is 5.75 Å². The molecule has 8 heteroatoms. The van der Waals surface area contributed by atoms with Gasteiger partial charge in [0.25, 0.3) is 0 Å². The molecule has 1 aromatic carbocycles. The summed E-state index contributed by atoms with van der Waals surface area (Å²) in [6.45, 7) is 2.52. The van der Waals surface area contributed by atoms with Gasteiger partial charge in [-0.3, -0.25) is 4.99 Å². The Morgan fingerprint density at radius 3 is 2.52 bits per heavy atom. The Kier molecular flexibility index (Phi) is 8.11. The number of nitrogens with one attached hydrogen (secondary N) is 2. The van der Waals surface area contributed by atoms with E-state index in [1.54, 1.807) is 13.1 Å². The van der Waals surface area contributed by atoms with Crippen molar-refractivity contribution < 1.29 is 12.8 Å². The summed E-state index contributed by atoms with van der Waals surface area (Å²) in [6, 6.07) is 6.88. The van der Waals surface area contributed by atoms with Crippen LogP contribution in [0.3, 0.4) is 0 Å². The van der Waals surface area contributed by atoms with E-state index in [1.165, 1.54) is 12.3 Å². The normalized spacial score (nSPS) is 17.4. The van der Waals surface area contributed by atoms with Gasteiger partial charge in [0.15, 0.2) is 5.96 Å². The van der Waals surface area contributed by atoms with Gasteiger partial charge in [-0.1, -0.05) is 18.2 Å². The van der Waals surface area contributed by atoms with E-state index in [4.69, 9.17) is 0 Å². The summed E-state index contributed by atoms with van der Waals surface area (Å²) >= 11 is 0. The van der Waals surface area contributed by atoms with Crippen LogP contribution in [0.4, 0.5) is 4.39 Å². The van der Waals surface area contributed by atoms with Crippen LogP contribution in [0.15, 0.2) is 29.3 Å². The Bertz CT molecular complexity index is 706. The van der Waals surface area contributed by atoms with Crippen molar-refractivity contribution in [1.82, 2.24) is 10.6 Å². The topological polar surface area (TPSA) is 70.6 Å². The third kappa shape index (κ3) is 6.73. The molecule has 25 heavy (non-hydrogen) atoms. The summed E-state index contributed by atoms with van der Waals surface area (Å²) in [6.07, 6.45) is 3.64. The number of hydrogen-bond donors (Lipinski definition) is 2. The summed E-state index contributed by atoms with van der Waals surface area (Å²) in [5.41, 5.74) is 0.581. The molecule has 0 aliphatic heterocycles. The van der Waals surface area contributed by atoms with Crippen molar-refractivity contribution in [2.75, 3.05) is 25.6 Å².